The molecule has 0 aliphatic heterocycles. The number of fused-ring (bicyclic) bond motifs is 6. The van der Waals surface area contributed by atoms with Crippen LogP contribution in [0.25, 0.3) is 88.4 Å². The van der Waals surface area contributed by atoms with E-state index in [1.54, 1.807) is 0 Å². The van der Waals surface area contributed by atoms with Crippen LogP contribution in [-0.2, 0) is 0 Å². The summed E-state index contributed by atoms with van der Waals surface area (Å²) in [5.74, 6) is 0. The van der Waals surface area contributed by atoms with E-state index in [2.05, 4.69) is 205 Å². The van der Waals surface area contributed by atoms with E-state index in [1.807, 2.05) is 12.1 Å². The molecule has 9 aromatic carbocycles. The van der Waals surface area contributed by atoms with E-state index >= 15 is 0 Å². The maximum Gasteiger partial charge on any atom is 0.143 e. The van der Waals surface area contributed by atoms with Gasteiger partial charge in [0.15, 0.2) is 0 Å². The van der Waals surface area contributed by atoms with Crippen LogP contribution in [0.4, 0.5) is 17.1 Å². The summed E-state index contributed by atoms with van der Waals surface area (Å²) >= 11 is 0. The lowest BCUT2D eigenvalue weighted by Gasteiger charge is -2.26. The van der Waals surface area contributed by atoms with E-state index in [0.717, 1.165) is 83.2 Å². The molecule has 0 bridgehead atoms. The Morgan fingerprint density at radius 2 is 0.684 bits per heavy atom. The second-order valence-corrected chi connectivity index (χ2v) is 14.5. The van der Waals surface area contributed by atoms with Gasteiger partial charge in [-0.25, -0.2) is 0 Å². The highest BCUT2D eigenvalue weighted by molar-refractivity contribution is 6.12. The third kappa shape index (κ3) is 5.85. The highest BCUT2D eigenvalue weighted by Crippen LogP contribution is 2.41. The first-order valence-corrected chi connectivity index (χ1v) is 19.3. The van der Waals surface area contributed by atoms with Gasteiger partial charge >= 0.3 is 0 Å². The first-order valence-electron chi connectivity index (χ1n) is 19.3. The van der Waals surface area contributed by atoms with Crippen LogP contribution in [0, 0.1) is 0 Å². The molecule has 0 aliphatic rings. The normalized spacial score (nSPS) is 11.5. The molecule has 0 radical (unpaired) electrons. The first kappa shape index (κ1) is 32.8. The van der Waals surface area contributed by atoms with Crippen molar-refractivity contribution in [3.05, 3.63) is 212 Å². The summed E-state index contributed by atoms with van der Waals surface area (Å²) in [5.41, 5.74) is 16.0. The van der Waals surface area contributed by atoms with E-state index in [9.17, 15) is 0 Å². The van der Waals surface area contributed by atoms with Crippen molar-refractivity contribution in [1.29, 1.82) is 0 Å². The molecule has 0 atom stereocenters. The molecule has 0 saturated heterocycles. The number of hydrogen-bond donors (Lipinski definition) is 0. The van der Waals surface area contributed by atoms with Crippen LogP contribution < -0.4 is 4.90 Å². The van der Waals surface area contributed by atoms with Crippen LogP contribution in [0.1, 0.15) is 0 Å². The van der Waals surface area contributed by atoms with Crippen molar-refractivity contribution >= 4 is 60.9 Å². The molecular formula is C54H35NO2. The van der Waals surface area contributed by atoms with Gasteiger partial charge in [0, 0.05) is 44.2 Å². The van der Waals surface area contributed by atoms with Gasteiger partial charge in [0.25, 0.3) is 0 Å². The highest BCUT2D eigenvalue weighted by Gasteiger charge is 2.17. The van der Waals surface area contributed by atoms with E-state index in [0.29, 0.717) is 0 Å². The Bertz CT molecular complexity index is 3110. The molecule has 0 unspecified atom stereocenters. The van der Waals surface area contributed by atoms with Crippen LogP contribution in [-0.4, -0.2) is 0 Å². The fourth-order valence-electron chi connectivity index (χ4n) is 8.22. The minimum Gasteiger partial charge on any atom is -0.456 e. The van der Waals surface area contributed by atoms with Crippen molar-refractivity contribution in [2.75, 3.05) is 4.90 Å². The highest BCUT2D eigenvalue weighted by atomic mass is 16.3. The van der Waals surface area contributed by atoms with Gasteiger partial charge in [0.2, 0.25) is 0 Å². The molecule has 57 heavy (non-hydrogen) atoms. The molecule has 268 valence electrons. The van der Waals surface area contributed by atoms with Crippen molar-refractivity contribution in [3.63, 3.8) is 0 Å². The number of nitrogens with zero attached hydrogens (tertiary/aromatic N) is 1. The molecule has 0 saturated carbocycles. The minimum absolute atomic E-state index is 0.866. The SMILES string of the molecule is c1ccc(-c2ccc(N(c3ccc(-c4ccccc4)cc3)c3ccc(-c4ccc5oc6ccc(-c7cccc8c7oc7ccccc78)cc6c5c4)cc3)cc2)cc1. The Morgan fingerprint density at radius 3 is 1.26 bits per heavy atom. The molecule has 0 aliphatic carbocycles. The van der Waals surface area contributed by atoms with Gasteiger partial charge in [-0.15, -0.1) is 0 Å². The van der Waals surface area contributed by atoms with Crippen LogP contribution in [0.2, 0.25) is 0 Å². The third-order valence-electron chi connectivity index (χ3n) is 11.1. The molecule has 3 nitrogen and oxygen atoms in total. The Kier molecular flexibility index (Phi) is 7.82. The van der Waals surface area contributed by atoms with Crippen LogP contribution in [0.15, 0.2) is 221 Å². The molecule has 2 heterocycles. The maximum atomic E-state index is 6.40. The number of hydrogen-bond acceptors (Lipinski definition) is 3. The van der Waals surface area contributed by atoms with Crippen molar-refractivity contribution in [2.45, 2.75) is 0 Å². The van der Waals surface area contributed by atoms with Crippen molar-refractivity contribution in [2.24, 2.45) is 0 Å². The van der Waals surface area contributed by atoms with Gasteiger partial charge in [-0.3, -0.25) is 0 Å². The number of benzene rings is 9. The summed E-state index contributed by atoms with van der Waals surface area (Å²) in [6.07, 6.45) is 0. The largest absolute Gasteiger partial charge is 0.456 e. The predicted octanol–water partition coefficient (Wildman–Crippen LogP) is 15.6. The topological polar surface area (TPSA) is 29.5 Å². The monoisotopic (exact) mass is 729 g/mol. The molecule has 0 fully saturated rings. The molecule has 3 heteroatoms. The number of para-hydroxylation sites is 2. The fourth-order valence-corrected chi connectivity index (χ4v) is 8.22. The standard InChI is InChI=1S/C54H35NO2/c1-3-10-36(11-4-1)38-18-26-43(27-19-38)55(44-28-20-39(21-29-44)37-12-5-2-6-13-37)45-30-22-40(23-31-45)41-24-32-52-49(34-41)50-35-42(25-33-53(50)56-52)46-15-9-16-48-47-14-7-8-17-51(47)57-54(46)48/h1-35H. The van der Waals surface area contributed by atoms with Gasteiger partial charge in [0.05, 0.1) is 0 Å². The summed E-state index contributed by atoms with van der Waals surface area (Å²) in [6.45, 7) is 0. The first-order chi connectivity index (χ1) is 28.2. The van der Waals surface area contributed by atoms with Gasteiger partial charge in [-0.2, -0.15) is 0 Å². The van der Waals surface area contributed by atoms with Crippen molar-refractivity contribution in [3.8, 4) is 44.5 Å². The molecular weight excluding hydrogens is 695 g/mol. The summed E-state index contributed by atoms with van der Waals surface area (Å²) in [7, 11) is 0. The van der Waals surface area contributed by atoms with Gasteiger partial charge in [-0.05, 0) is 106 Å². The minimum atomic E-state index is 0.866. The van der Waals surface area contributed by atoms with Gasteiger partial charge in [0.1, 0.15) is 22.3 Å². The third-order valence-corrected chi connectivity index (χ3v) is 11.1. The zero-order valence-corrected chi connectivity index (χ0v) is 31.0. The summed E-state index contributed by atoms with van der Waals surface area (Å²) < 4.78 is 12.8. The molecule has 0 N–H and O–H groups in total. The van der Waals surface area contributed by atoms with Crippen molar-refractivity contribution in [1.82, 2.24) is 0 Å². The van der Waals surface area contributed by atoms with Crippen LogP contribution >= 0.6 is 0 Å². The zero-order valence-electron chi connectivity index (χ0n) is 31.0. The van der Waals surface area contributed by atoms with Crippen LogP contribution in [0.5, 0.6) is 0 Å². The average molecular weight is 730 g/mol. The zero-order chi connectivity index (χ0) is 37.7. The van der Waals surface area contributed by atoms with E-state index in [-0.39, 0.29) is 0 Å². The lowest BCUT2D eigenvalue weighted by molar-refractivity contribution is 0.668. The summed E-state index contributed by atoms with van der Waals surface area (Å²) in [6, 6.07) is 75.1. The number of anilines is 3. The second-order valence-electron chi connectivity index (χ2n) is 14.5. The molecule has 0 spiro atoms. The Balaban J connectivity index is 0.957. The Hall–Kier alpha value is -7.62. The fraction of sp³-hybridized carbons (Fsp3) is 0. The maximum absolute atomic E-state index is 6.40. The van der Waals surface area contributed by atoms with Gasteiger partial charge in [-0.1, -0.05) is 146 Å². The summed E-state index contributed by atoms with van der Waals surface area (Å²) in [4.78, 5) is 2.32. The Labute approximate surface area is 330 Å². The smallest absolute Gasteiger partial charge is 0.143 e. The van der Waals surface area contributed by atoms with Gasteiger partial charge < -0.3 is 13.7 Å². The van der Waals surface area contributed by atoms with E-state index in [4.69, 9.17) is 8.83 Å². The van der Waals surface area contributed by atoms with E-state index < -0.39 is 0 Å². The average Bonchev–Trinajstić information content (AvgIpc) is 3.86. The lowest BCUT2D eigenvalue weighted by atomic mass is 9.99. The number of furan rings is 2. The molecule has 11 aromatic rings. The van der Waals surface area contributed by atoms with Crippen LogP contribution in [0.3, 0.4) is 0 Å². The van der Waals surface area contributed by atoms with E-state index in [1.165, 1.54) is 22.3 Å². The summed E-state index contributed by atoms with van der Waals surface area (Å²) in [5, 5.41) is 4.42. The predicted molar refractivity (Wildman–Crippen MR) is 237 cm³/mol. The Morgan fingerprint density at radius 1 is 0.263 bits per heavy atom. The molecule has 11 rings (SSSR count). The lowest BCUT2D eigenvalue weighted by Crippen LogP contribution is -2.09. The number of rotatable bonds is 7. The quantitative estimate of drug-likeness (QED) is 0.164. The second kappa shape index (κ2) is 13.6. The molecule has 2 aromatic heterocycles. The molecule has 0 amide bonds. The van der Waals surface area contributed by atoms with Crippen molar-refractivity contribution < 1.29 is 8.83 Å².